The van der Waals surface area contributed by atoms with Crippen LogP contribution in [0.1, 0.15) is 71.6 Å². The maximum Gasteiger partial charge on any atom is 0.317 e. The van der Waals surface area contributed by atoms with E-state index < -0.39 is 11.9 Å². The number of rotatable bonds is 11. The number of carbonyl (C=O) groups is 4. The van der Waals surface area contributed by atoms with Crippen LogP contribution in [0.4, 0.5) is 0 Å². The van der Waals surface area contributed by atoms with Gasteiger partial charge in [0, 0.05) is 0 Å². The van der Waals surface area contributed by atoms with Crippen molar-refractivity contribution in [3.05, 3.63) is 25.3 Å². The van der Waals surface area contributed by atoms with E-state index in [1.165, 1.54) is 0 Å². The van der Waals surface area contributed by atoms with Crippen LogP contribution < -0.4 is 0 Å². The van der Waals surface area contributed by atoms with Crippen LogP contribution in [-0.2, 0) is 28.7 Å². The smallest absolute Gasteiger partial charge is 0.317 e. The molecule has 0 aromatic carbocycles. The summed E-state index contributed by atoms with van der Waals surface area (Å²) in [4.78, 5) is 44.4. The fourth-order valence-corrected chi connectivity index (χ4v) is 3.67. The zero-order valence-electron chi connectivity index (χ0n) is 17.7. The molecule has 6 nitrogen and oxygen atoms in total. The number of cyclic esters (lactones) is 4. The van der Waals surface area contributed by atoms with Crippen LogP contribution in [0, 0.1) is 23.7 Å². The van der Waals surface area contributed by atoms with Crippen LogP contribution in [0.3, 0.4) is 0 Å². The maximum absolute atomic E-state index is 11.3. The second-order valence-corrected chi connectivity index (χ2v) is 7.64. The summed E-state index contributed by atoms with van der Waals surface area (Å²) < 4.78 is 9.05. The van der Waals surface area contributed by atoms with Gasteiger partial charge in [-0.3, -0.25) is 19.2 Å². The molecule has 2 fully saturated rings. The first-order valence-corrected chi connectivity index (χ1v) is 10.6. The highest BCUT2D eigenvalue weighted by molar-refractivity contribution is 5.95. The van der Waals surface area contributed by atoms with Crippen molar-refractivity contribution in [1.29, 1.82) is 0 Å². The predicted octanol–water partition coefficient (Wildman–Crippen LogP) is 4.53. The van der Waals surface area contributed by atoms with E-state index >= 15 is 0 Å². The molecular formula is C23H34O6. The molecule has 6 heteroatoms. The third-order valence-corrected chi connectivity index (χ3v) is 5.48. The summed E-state index contributed by atoms with van der Waals surface area (Å²) in [6, 6.07) is 0. The van der Waals surface area contributed by atoms with Crippen molar-refractivity contribution in [2.24, 2.45) is 23.7 Å². The lowest BCUT2D eigenvalue weighted by atomic mass is 9.87. The molecule has 0 spiro atoms. The Bertz CT molecular complexity index is 608. The average molecular weight is 407 g/mol. The van der Waals surface area contributed by atoms with E-state index in [4.69, 9.17) is 0 Å². The number of esters is 4. The summed E-state index contributed by atoms with van der Waals surface area (Å²) >= 11 is 0. The second kappa shape index (κ2) is 13.1. The molecule has 2 saturated heterocycles. The van der Waals surface area contributed by atoms with Crippen molar-refractivity contribution in [2.45, 2.75) is 71.6 Å². The summed E-state index contributed by atoms with van der Waals surface area (Å²) in [5.41, 5.74) is 0. The lowest BCUT2D eigenvalue weighted by molar-refractivity contribution is -0.155. The van der Waals surface area contributed by atoms with Crippen LogP contribution >= 0.6 is 0 Å². The molecule has 0 aromatic heterocycles. The van der Waals surface area contributed by atoms with Gasteiger partial charge >= 0.3 is 23.9 Å². The minimum Gasteiger partial charge on any atom is -0.393 e. The molecule has 4 atom stereocenters. The van der Waals surface area contributed by atoms with Crippen molar-refractivity contribution >= 4 is 23.9 Å². The van der Waals surface area contributed by atoms with E-state index in [-0.39, 0.29) is 48.5 Å². The van der Waals surface area contributed by atoms with Crippen LogP contribution in [0.25, 0.3) is 0 Å². The molecule has 2 rings (SSSR count). The molecule has 0 radical (unpaired) electrons. The predicted molar refractivity (Wildman–Crippen MR) is 109 cm³/mol. The number of hydrogen-bond donors (Lipinski definition) is 0. The molecule has 4 unspecified atom stereocenters. The first kappa shape index (κ1) is 24.8. The molecule has 2 aliphatic heterocycles. The molecule has 0 amide bonds. The molecule has 2 aliphatic rings. The lowest BCUT2D eigenvalue weighted by Crippen LogP contribution is -2.17. The van der Waals surface area contributed by atoms with Crippen molar-refractivity contribution in [3.63, 3.8) is 0 Å². The van der Waals surface area contributed by atoms with Crippen molar-refractivity contribution in [3.8, 4) is 0 Å². The van der Waals surface area contributed by atoms with Gasteiger partial charge in [0.05, 0.1) is 24.7 Å². The van der Waals surface area contributed by atoms with Gasteiger partial charge in [-0.25, -0.2) is 0 Å². The molecule has 0 bridgehead atoms. The van der Waals surface area contributed by atoms with Gasteiger partial charge in [0.2, 0.25) is 0 Å². The molecule has 0 aromatic rings. The summed E-state index contributed by atoms with van der Waals surface area (Å²) in [7, 11) is 0. The molecule has 2 heterocycles. The molecule has 0 saturated carbocycles. The number of hydrogen-bond acceptors (Lipinski definition) is 6. The number of ether oxygens (including phenoxy) is 2. The van der Waals surface area contributed by atoms with E-state index in [1.807, 2.05) is 0 Å². The van der Waals surface area contributed by atoms with E-state index in [2.05, 4.69) is 36.5 Å². The highest BCUT2D eigenvalue weighted by Crippen LogP contribution is 2.30. The Labute approximate surface area is 173 Å². The largest absolute Gasteiger partial charge is 0.393 e. The first-order chi connectivity index (χ1) is 13.9. The van der Waals surface area contributed by atoms with Crippen LogP contribution in [0.2, 0.25) is 0 Å². The molecule has 0 aliphatic carbocycles. The number of allylic oxidation sites excluding steroid dienone is 2. The summed E-state index contributed by atoms with van der Waals surface area (Å²) in [6.07, 6.45) is 11.3. The normalized spacial score (nSPS) is 23.0. The van der Waals surface area contributed by atoms with Gasteiger partial charge in [0.1, 0.15) is 0 Å². The minimum atomic E-state index is -0.400. The van der Waals surface area contributed by atoms with Crippen LogP contribution in [-0.4, -0.2) is 23.9 Å². The molecule has 162 valence electrons. The molecule has 0 N–H and O–H groups in total. The Kier molecular flexibility index (Phi) is 11.2. The van der Waals surface area contributed by atoms with Crippen LogP contribution in [0.5, 0.6) is 0 Å². The second-order valence-electron chi connectivity index (χ2n) is 7.64. The Morgan fingerprint density at radius 3 is 1.52 bits per heavy atom. The SMILES string of the molecule is C=CC(CCCC)C1CC(=O)OC1=O.C=CC(CCCCC)C1CC(=O)OC1=O. The fraction of sp³-hybridized carbons (Fsp3) is 0.652. The Hall–Kier alpha value is -2.24. The van der Waals surface area contributed by atoms with Gasteiger partial charge in [-0.2, -0.15) is 0 Å². The van der Waals surface area contributed by atoms with Crippen molar-refractivity contribution < 1.29 is 28.7 Å². The Morgan fingerprint density at radius 2 is 1.21 bits per heavy atom. The summed E-state index contributed by atoms with van der Waals surface area (Å²) in [6.45, 7) is 11.7. The fourth-order valence-electron chi connectivity index (χ4n) is 3.67. The highest BCUT2D eigenvalue weighted by Gasteiger charge is 2.38. The summed E-state index contributed by atoms with van der Waals surface area (Å²) in [5.74, 6) is -1.93. The highest BCUT2D eigenvalue weighted by atomic mass is 16.6. The van der Waals surface area contributed by atoms with Gasteiger partial charge in [0.25, 0.3) is 0 Å². The topological polar surface area (TPSA) is 86.7 Å². The van der Waals surface area contributed by atoms with E-state index in [0.29, 0.717) is 0 Å². The van der Waals surface area contributed by atoms with Gasteiger partial charge < -0.3 is 9.47 Å². The lowest BCUT2D eigenvalue weighted by Gasteiger charge is -2.15. The Morgan fingerprint density at radius 1 is 0.793 bits per heavy atom. The third kappa shape index (κ3) is 7.95. The van der Waals surface area contributed by atoms with Crippen LogP contribution in [0.15, 0.2) is 25.3 Å². The van der Waals surface area contributed by atoms with Crippen molar-refractivity contribution in [2.75, 3.05) is 0 Å². The summed E-state index contributed by atoms with van der Waals surface area (Å²) in [5, 5.41) is 0. The molecular weight excluding hydrogens is 372 g/mol. The zero-order valence-corrected chi connectivity index (χ0v) is 17.7. The Balaban J connectivity index is 0.000000291. The minimum absolute atomic E-state index is 0.0916. The van der Waals surface area contributed by atoms with E-state index in [9.17, 15) is 19.2 Å². The van der Waals surface area contributed by atoms with Crippen molar-refractivity contribution in [1.82, 2.24) is 0 Å². The quantitative estimate of drug-likeness (QED) is 0.217. The van der Waals surface area contributed by atoms with Gasteiger partial charge in [-0.05, 0) is 24.7 Å². The maximum atomic E-state index is 11.3. The average Bonchev–Trinajstić information content (AvgIpc) is 3.20. The monoisotopic (exact) mass is 406 g/mol. The van der Waals surface area contributed by atoms with E-state index in [0.717, 1.165) is 44.9 Å². The molecule has 29 heavy (non-hydrogen) atoms. The first-order valence-electron chi connectivity index (χ1n) is 10.6. The standard InChI is InChI=1S/C12H18O3.C11H16O3/c1-3-5-6-7-9(4-2)10-8-11(13)15-12(10)14;1-3-5-6-8(4-2)9-7-10(12)14-11(9)13/h4,9-10H,2-3,5-8H2,1H3;4,8-9H,2-3,5-7H2,1H3. The number of unbranched alkanes of at least 4 members (excludes halogenated alkanes) is 3. The zero-order chi connectivity index (χ0) is 21.8. The third-order valence-electron chi connectivity index (χ3n) is 5.48. The van der Waals surface area contributed by atoms with Gasteiger partial charge in [-0.15, -0.1) is 13.2 Å². The number of carbonyl (C=O) groups excluding carboxylic acids is 4. The van der Waals surface area contributed by atoms with Gasteiger partial charge in [-0.1, -0.05) is 58.1 Å². The van der Waals surface area contributed by atoms with Gasteiger partial charge in [0.15, 0.2) is 0 Å². The van der Waals surface area contributed by atoms with E-state index in [1.54, 1.807) is 12.2 Å².